The Hall–Kier alpha value is -1.67. The number of alkyl halides is 2. The van der Waals surface area contributed by atoms with Gasteiger partial charge in [0.15, 0.2) is 0 Å². The van der Waals surface area contributed by atoms with Gasteiger partial charge >= 0.3 is 6.03 Å². The molecule has 1 unspecified atom stereocenters. The number of hydrogen-bond donors (Lipinski definition) is 1. The molecule has 1 saturated carbocycles. The zero-order chi connectivity index (χ0) is 15.5. The van der Waals surface area contributed by atoms with E-state index in [1.54, 1.807) is 18.2 Å². The molecule has 0 heterocycles. The molecule has 1 aliphatic carbocycles. The number of carbonyl (C=O) groups is 1. The molecule has 1 aromatic carbocycles. The van der Waals surface area contributed by atoms with Crippen LogP contribution < -0.4 is 4.31 Å². The molecule has 2 rings (SSSR count). The molecular weight excluding hydrogens is 302 g/mol. The van der Waals surface area contributed by atoms with Gasteiger partial charge in [0, 0.05) is 18.6 Å². The molecule has 114 valence electrons. The van der Waals surface area contributed by atoms with Gasteiger partial charge in [0.1, 0.15) is 0 Å². The number of urea groups is 1. The molecule has 2 amide bonds. The summed E-state index contributed by atoms with van der Waals surface area (Å²) in [6.07, 6.45) is -0.682. The molecule has 21 heavy (non-hydrogen) atoms. The first kappa shape index (κ1) is 15.7. The lowest BCUT2D eigenvalue weighted by atomic mass is 9.95. The van der Waals surface area contributed by atoms with Crippen LogP contribution in [0.25, 0.3) is 0 Å². The fourth-order valence-corrected chi connectivity index (χ4v) is 2.50. The summed E-state index contributed by atoms with van der Waals surface area (Å²) in [5, 5.41) is 0. The van der Waals surface area contributed by atoms with Crippen molar-refractivity contribution in [1.82, 2.24) is 0 Å². The van der Waals surface area contributed by atoms with E-state index in [2.05, 4.69) is 4.99 Å². The summed E-state index contributed by atoms with van der Waals surface area (Å²) in [4.78, 5) is 15.7. The molecule has 0 aliphatic heterocycles. The van der Waals surface area contributed by atoms with E-state index >= 15 is 0 Å². The van der Waals surface area contributed by atoms with E-state index < -0.39 is 23.2 Å². The maximum absolute atomic E-state index is 13.0. The molecule has 1 fully saturated rings. The van der Waals surface area contributed by atoms with Crippen LogP contribution in [-0.4, -0.2) is 26.4 Å². The number of carbonyl (C=O) groups excluding carboxylic acids is 1. The van der Waals surface area contributed by atoms with Gasteiger partial charge in [-0.2, -0.15) is 4.31 Å². The average Bonchev–Trinajstić information content (AvgIpc) is 2.42. The van der Waals surface area contributed by atoms with Gasteiger partial charge in [-0.3, -0.25) is 4.55 Å². The molecule has 8 heteroatoms. The standard InChI is InChI=1S/C13H14F2N2O3S/c14-13(15)8-6-10(7-9-13)16-12(18)17(21(19)20)11-4-2-1-3-5-11/h1-5H,6-9H2,(H,19,20). The zero-order valence-electron chi connectivity index (χ0n) is 11.0. The number of aliphatic imine (C=N–C) groups is 1. The topological polar surface area (TPSA) is 70.0 Å². The Morgan fingerprint density at radius 1 is 1.24 bits per heavy atom. The maximum atomic E-state index is 13.0. The molecule has 5 nitrogen and oxygen atoms in total. The number of benzene rings is 1. The molecule has 0 saturated heterocycles. The number of rotatable bonds is 2. The SMILES string of the molecule is O=C(N=C1CCC(F)(F)CC1)N(c1ccccc1)S(=O)O. The summed E-state index contributed by atoms with van der Waals surface area (Å²) < 4.78 is 47.2. The van der Waals surface area contributed by atoms with E-state index in [4.69, 9.17) is 0 Å². The number of para-hydroxylation sites is 1. The van der Waals surface area contributed by atoms with Crippen molar-refractivity contribution in [3.05, 3.63) is 30.3 Å². The van der Waals surface area contributed by atoms with Gasteiger partial charge in [-0.15, -0.1) is 0 Å². The van der Waals surface area contributed by atoms with Crippen molar-refractivity contribution in [1.29, 1.82) is 0 Å². The summed E-state index contributed by atoms with van der Waals surface area (Å²) in [6.45, 7) is 0. The largest absolute Gasteiger partial charge is 0.361 e. The quantitative estimate of drug-likeness (QED) is 0.850. The lowest BCUT2D eigenvalue weighted by Gasteiger charge is -2.23. The van der Waals surface area contributed by atoms with Crippen molar-refractivity contribution in [3.63, 3.8) is 0 Å². The van der Waals surface area contributed by atoms with Gasteiger partial charge in [-0.05, 0) is 25.0 Å². The van der Waals surface area contributed by atoms with E-state index in [1.165, 1.54) is 12.1 Å². The van der Waals surface area contributed by atoms with Crippen LogP contribution >= 0.6 is 0 Å². The van der Waals surface area contributed by atoms with Crippen LogP contribution in [0, 0.1) is 0 Å². The lowest BCUT2D eigenvalue weighted by Crippen LogP contribution is -2.32. The first-order valence-electron chi connectivity index (χ1n) is 6.33. The van der Waals surface area contributed by atoms with Crippen LogP contribution in [0.15, 0.2) is 35.3 Å². The molecule has 1 atom stereocenters. The second-order valence-electron chi connectivity index (χ2n) is 4.68. The Morgan fingerprint density at radius 2 is 1.81 bits per heavy atom. The summed E-state index contributed by atoms with van der Waals surface area (Å²) in [6, 6.07) is 6.96. The molecule has 1 aliphatic rings. The van der Waals surface area contributed by atoms with Crippen LogP contribution in [0.1, 0.15) is 25.7 Å². The predicted octanol–water partition coefficient (Wildman–Crippen LogP) is 3.40. The molecule has 0 bridgehead atoms. The van der Waals surface area contributed by atoms with Crippen LogP contribution in [0.4, 0.5) is 19.3 Å². The predicted molar refractivity (Wildman–Crippen MR) is 75.9 cm³/mol. The fourth-order valence-electron chi connectivity index (χ4n) is 2.03. The van der Waals surface area contributed by atoms with Gasteiger partial charge in [0.2, 0.25) is 5.92 Å². The first-order valence-corrected chi connectivity index (χ1v) is 7.40. The summed E-state index contributed by atoms with van der Waals surface area (Å²) >= 11 is -2.58. The fraction of sp³-hybridized carbons (Fsp3) is 0.385. The first-order chi connectivity index (χ1) is 9.89. The number of amides is 2. The molecule has 0 spiro atoms. The Kier molecular flexibility index (Phi) is 4.79. The van der Waals surface area contributed by atoms with Gasteiger partial charge < -0.3 is 0 Å². The summed E-state index contributed by atoms with van der Waals surface area (Å²) in [5.74, 6) is -2.72. The van der Waals surface area contributed by atoms with Gasteiger partial charge in [-0.25, -0.2) is 22.8 Å². The highest BCUT2D eigenvalue weighted by Gasteiger charge is 2.34. The lowest BCUT2D eigenvalue weighted by molar-refractivity contribution is -0.0181. The second-order valence-corrected chi connectivity index (χ2v) is 5.50. The number of anilines is 1. The van der Waals surface area contributed by atoms with Crippen molar-refractivity contribution >= 4 is 28.7 Å². The van der Waals surface area contributed by atoms with Crippen LogP contribution in [0.2, 0.25) is 0 Å². The second kappa shape index (κ2) is 6.40. The van der Waals surface area contributed by atoms with Crippen molar-refractivity contribution in [2.24, 2.45) is 4.99 Å². The van der Waals surface area contributed by atoms with Gasteiger partial charge in [-0.1, -0.05) is 18.2 Å². The van der Waals surface area contributed by atoms with Crippen LogP contribution in [0.5, 0.6) is 0 Å². The Bertz CT molecular complexity index is 566. The zero-order valence-corrected chi connectivity index (χ0v) is 11.9. The van der Waals surface area contributed by atoms with E-state index in [0.717, 1.165) is 0 Å². The molecule has 0 aromatic heterocycles. The Morgan fingerprint density at radius 3 is 2.33 bits per heavy atom. The average molecular weight is 316 g/mol. The Balaban J connectivity index is 2.16. The third kappa shape index (κ3) is 4.15. The monoisotopic (exact) mass is 316 g/mol. The van der Waals surface area contributed by atoms with Crippen molar-refractivity contribution < 1.29 is 22.3 Å². The summed E-state index contributed by atoms with van der Waals surface area (Å²) in [7, 11) is 0. The van der Waals surface area contributed by atoms with Crippen LogP contribution in [-0.2, 0) is 11.3 Å². The third-order valence-electron chi connectivity index (χ3n) is 3.13. The van der Waals surface area contributed by atoms with Crippen molar-refractivity contribution in [2.75, 3.05) is 4.31 Å². The Labute approximate surface area is 123 Å². The highest BCUT2D eigenvalue weighted by molar-refractivity contribution is 7.81. The van der Waals surface area contributed by atoms with E-state index in [-0.39, 0.29) is 31.4 Å². The number of nitrogens with zero attached hydrogens (tertiary/aromatic N) is 2. The number of hydrogen-bond acceptors (Lipinski definition) is 2. The summed E-state index contributed by atoms with van der Waals surface area (Å²) in [5.41, 5.74) is 0.547. The van der Waals surface area contributed by atoms with E-state index in [0.29, 0.717) is 10.0 Å². The van der Waals surface area contributed by atoms with Crippen molar-refractivity contribution in [2.45, 2.75) is 31.6 Å². The molecule has 1 aromatic rings. The van der Waals surface area contributed by atoms with Crippen molar-refractivity contribution in [3.8, 4) is 0 Å². The molecule has 0 radical (unpaired) electrons. The van der Waals surface area contributed by atoms with Gasteiger partial charge in [0.25, 0.3) is 11.3 Å². The van der Waals surface area contributed by atoms with E-state index in [1.807, 2.05) is 0 Å². The highest BCUT2D eigenvalue weighted by Crippen LogP contribution is 2.32. The maximum Gasteiger partial charge on any atom is 0.361 e. The third-order valence-corrected chi connectivity index (χ3v) is 3.81. The minimum Gasteiger partial charge on any atom is -0.289 e. The number of halogens is 2. The smallest absolute Gasteiger partial charge is 0.289 e. The van der Waals surface area contributed by atoms with E-state index in [9.17, 15) is 22.3 Å². The highest BCUT2D eigenvalue weighted by atomic mass is 32.2. The minimum absolute atomic E-state index is 0.0133. The van der Waals surface area contributed by atoms with Gasteiger partial charge in [0.05, 0.1) is 5.69 Å². The van der Waals surface area contributed by atoms with Crippen LogP contribution in [0.3, 0.4) is 0 Å². The molecular formula is C13H14F2N2O3S. The minimum atomic E-state index is -2.72. The normalized spacial score (nSPS) is 18.9. The molecule has 1 N–H and O–H groups in total.